The average molecular weight is 455 g/mol. The highest BCUT2D eigenvalue weighted by Crippen LogP contribution is 2.61. The second kappa shape index (κ2) is 10.9. The molecular weight excluding hydrogens is 412 g/mol. The van der Waals surface area contributed by atoms with Crippen LogP contribution in [0.5, 0.6) is 0 Å². The van der Waals surface area contributed by atoms with Gasteiger partial charge in [-0.1, -0.05) is 43.7 Å². The fourth-order valence-corrected chi connectivity index (χ4v) is 7.01. The van der Waals surface area contributed by atoms with Crippen LogP contribution in [0.1, 0.15) is 76.7 Å². The summed E-state index contributed by atoms with van der Waals surface area (Å²) in [5.74, 6) is 3.05. The van der Waals surface area contributed by atoms with Gasteiger partial charge in [0.1, 0.15) is 6.61 Å². The topological polar surface area (TPSA) is 49.9 Å². The summed E-state index contributed by atoms with van der Waals surface area (Å²) in [7, 11) is 1.76. The molecule has 5 rings (SSSR count). The average Bonchev–Trinajstić information content (AvgIpc) is 2.80. The molecular formula is C28H42N2O3. The number of hydrogen-bond acceptors (Lipinski definition) is 3. The van der Waals surface area contributed by atoms with E-state index in [4.69, 9.17) is 4.74 Å². The van der Waals surface area contributed by atoms with E-state index in [0.29, 0.717) is 24.9 Å². The Morgan fingerprint density at radius 3 is 2.21 bits per heavy atom. The molecule has 0 unspecified atom stereocenters. The Morgan fingerprint density at radius 1 is 0.970 bits per heavy atom. The molecule has 5 heteroatoms. The van der Waals surface area contributed by atoms with Gasteiger partial charge in [-0.25, -0.2) is 4.79 Å². The van der Waals surface area contributed by atoms with Crippen LogP contribution >= 0.6 is 0 Å². The maximum absolute atomic E-state index is 13.0. The first-order valence-corrected chi connectivity index (χ1v) is 13.2. The predicted octanol–water partition coefficient (Wildman–Crippen LogP) is 5.88. The van der Waals surface area contributed by atoms with Gasteiger partial charge < -0.3 is 14.5 Å². The Balaban J connectivity index is 1.29. The summed E-state index contributed by atoms with van der Waals surface area (Å²) in [6.45, 7) is 4.33. The number of amides is 2. The van der Waals surface area contributed by atoms with Gasteiger partial charge in [0.25, 0.3) is 0 Å². The molecule has 4 aliphatic rings. The molecule has 0 aliphatic heterocycles. The highest BCUT2D eigenvalue weighted by atomic mass is 16.6. The zero-order valence-electron chi connectivity index (χ0n) is 20.6. The van der Waals surface area contributed by atoms with E-state index in [1.165, 1.54) is 38.5 Å². The molecule has 1 aromatic carbocycles. The van der Waals surface area contributed by atoms with Crippen LogP contribution in [-0.2, 0) is 16.1 Å². The summed E-state index contributed by atoms with van der Waals surface area (Å²) in [6, 6.07) is 9.73. The quantitative estimate of drug-likeness (QED) is 0.419. The molecule has 1 aromatic rings. The molecule has 4 bridgehead atoms. The number of carbonyl (C=O) groups is 2. The van der Waals surface area contributed by atoms with Crippen LogP contribution < -0.4 is 0 Å². The van der Waals surface area contributed by atoms with E-state index in [-0.39, 0.29) is 18.6 Å². The highest BCUT2D eigenvalue weighted by Gasteiger charge is 2.50. The summed E-state index contributed by atoms with van der Waals surface area (Å²) in [5.41, 5.74) is 1.45. The fraction of sp³-hybridized carbons (Fsp3) is 0.714. The van der Waals surface area contributed by atoms with Crippen molar-refractivity contribution in [2.24, 2.45) is 23.2 Å². The van der Waals surface area contributed by atoms with Gasteiger partial charge in [-0.3, -0.25) is 4.79 Å². The molecule has 0 N–H and O–H groups in total. The van der Waals surface area contributed by atoms with Gasteiger partial charge in [-0.15, -0.1) is 0 Å². The number of likely N-dealkylation sites (N-methyl/N-ethyl adjacent to an activating group) is 1. The summed E-state index contributed by atoms with van der Waals surface area (Å²) in [6.07, 6.45) is 11.9. The number of rotatable bonds is 11. The Labute approximate surface area is 199 Å². The largest absolute Gasteiger partial charge is 0.445 e. The van der Waals surface area contributed by atoms with Crippen LogP contribution in [0.15, 0.2) is 30.3 Å². The van der Waals surface area contributed by atoms with Gasteiger partial charge in [-0.05, 0) is 80.1 Å². The Morgan fingerprint density at radius 2 is 1.61 bits per heavy atom. The Hall–Kier alpha value is -2.04. The SMILES string of the molecule is CCCCC(=O)N(CCN(C)C(=O)OCc1ccccc1)CCC12CC3CC(CC(C3)C1)C2. The lowest BCUT2D eigenvalue weighted by atomic mass is 9.49. The van der Waals surface area contributed by atoms with Crippen molar-refractivity contribution in [3.05, 3.63) is 35.9 Å². The molecule has 0 saturated heterocycles. The van der Waals surface area contributed by atoms with E-state index in [1.807, 2.05) is 35.2 Å². The van der Waals surface area contributed by atoms with Crippen molar-refractivity contribution in [1.29, 1.82) is 0 Å². The van der Waals surface area contributed by atoms with Gasteiger partial charge in [0.15, 0.2) is 0 Å². The molecule has 4 saturated carbocycles. The normalized spacial score (nSPS) is 27.4. The zero-order valence-corrected chi connectivity index (χ0v) is 20.6. The summed E-state index contributed by atoms with van der Waals surface area (Å²) in [5, 5.41) is 0. The molecule has 33 heavy (non-hydrogen) atoms. The van der Waals surface area contributed by atoms with E-state index in [2.05, 4.69) is 6.92 Å². The number of benzene rings is 1. The van der Waals surface area contributed by atoms with Gasteiger partial charge in [-0.2, -0.15) is 0 Å². The van der Waals surface area contributed by atoms with Crippen LogP contribution in [0.2, 0.25) is 0 Å². The summed E-state index contributed by atoms with van der Waals surface area (Å²) < 4.78 is 5.46. The maximum atomic E-state index is 13.0. The summed E-state index contributed by atoms with van der Waals surface area (Å²) >= 11 is 0. The minimum Gasteiger partial charge on any atom is -0.445 e. The number of nitrogens with zero attached hydrogens (tertiary/aromatic N) is 2. The molecule has 4 fully saturated rings. The number of ether oxygens (including phenoxy) is 1. The molecule has 0 spiro atoms. The minimum absolute atomic E-state index is 0.243. The number of unbranched alkanes of at least 4 members (excludes halogenated alkanes) is 1. The molecule has 0 radical (unpaired) electrons. The van der Waals surface area contributed by atoms with Crippen molar-refractivity contribution in [2.75, 3.05) is 26.7 Å². The summed E-state index contributed by atoms with van der Waals surface area (Å²) in [4.78, 5) is 29.1. The smallest absolute Gasteiger partial charge is 0.409 e. The Kier molecular flexibility index (Phi) is 7.98. The van der Waals surface area contributed by atoms with Crippen molar-refractivity contribution in [3.8, 4) is 0 Å². The third-order valence-electron chi connectivity index (χ3n) is 8.40. The van der Waals surface area contributed by atoms with Crippen LogP contribution in [0.3, 0.4) is 0 Å². The number of carbonyl (C=O) groups excluding carboxylic acids is 2. The van der Waals surface area contributed by atoms with Gasteiger partial charge >= 0.3 is 6.09 Å². The zero-order chi connectivity index (χ0) is 23.3. The van der Waals surface area contributed by atoms with E-state index < -0.39 is 0 Å². The first-order chi connectivity index (χ1) is 16.0. The molecule has 0 heterocycles. The molecule has 4 aliphatic carbocycles. The standard InChI is InChI=1S/C28H42N2O3/c1-3-4-10-26(31)30(12-11-28-18-23-15-24(19-28)17-25(16-23)20-28)14-13-29(2)27(32)33-21-22-8-6-5-7-9-22/h5-9,23-25H,3-4,10-21H2,1-2H3. The van der Waals surface area contributed by atoms with Crippen LogP contribution in [0.4, 0.5) is 4.79 Å². The lowest BCUT2D eigenvalue weighted by molar-refractivity contribution is -0.132. The molecule has 182 valence electrons. The second-order valence-electron chi connectivity index (χ2n) is 11.1. The van der Waals surface area contributed by atoms with Gasteiger partial charge in [0.2, 0.25) is 5.91 Å². The van der Waals surface area contributed by atoms with Crippen molar-refractivity contribution in [1.82, 2.24) is 9.80 Å². The highest BCUT2D eigenvalue weighted by molar-refractivity contribution is 5.76. The lowest BCUT2D eigenvalue weighted by Gasteiger charge is -2.57. The van der Waals surface area contributed by atoms with E-state index in [0.717, 1.165) is 49.1 Å². The maximum Gasteiger partial charge on any atom is 0.409 e. The molecule has 2 amide bonds. The predicted molar refractivity (Wildman–Crippen MR) is 131 cm³/mol. The first kappa shape index (κ1) is 24.1. The molecule has 5 nitrogen and oxygen atoms in total. The molecule has 0 aromatic heterocycles. The minimum atomic E-state index is -0.333. The van der Waals surface area contributed by atoms with Gasteiger partial charge in [0.05, 0.1) is 0 Å². The van der Waals surface area contributed by atoms with Crippen molar-refractivity contribution >= 4 is 12.0 Å². The van der Waals surface area contributed by atoms with Crippen LogP contribution in [0, 0.1) is 23.2 Å². The van der Waals surface area contributed by atoms with Crippen molar-refractivity contribution in [3.63, 3.8) is 0 Å². The second-order valence-corrected chi connectivity index (χ2v) is 11.1. The van der Waals surface area contributed by atoms with Crippen LogP contribution in [0.25, 0.3) is 0 Å². The Bertz CT molecular complexity index is 758. The van der Waals surface area contributed by atoms with Crippen molar-refractivity contribution < 1.29 is 14.3 Å². The third kappa shape index (κ3) is 6.30. The van der Waals surface area contributed by atoms with E-state index >= 15 is 0 Å². The molecule has 0 atom stereocenters. The van der Waals surface area contributed by atoms with Crippen LogP contribution in [-0.4, -0.2) is 48.5 Å². The number of hydrogen-bond donors (Lipinski definition) is 0. The third-order valence-corrected chi connectivity index (χ3v) is 8.40. The van der Waals surface area contributed by atoms with E-state index in [9.17, 15) is 9.59 Å². The monoisotopic (exact) mass is 454 g/mol. The first-order valence-electron chi connectivity index (χ1n) is 13.2. The van der Waals surface area contributed by atoms with Crippen molar-refractivity contribution in [2.45, 2.75) is 77.7 Å². The van der Waals surface area contributed by atoms with Gasteiger partial charge in [0, 0.05) is 33.1 Å². The van der Waals surface area contributed by atoms with E-state index in [1.54, 1.807) is 11.9 Å². The lowest BCUT2D eigenvalue weighted by Crippen LogP contribution is -2.48. The fourth-order valence-electron chi connectivity index (χ4n) is 7.01.